The van der Waals surface area contributed by atoms with Gasteiger partial charge in [0, 0.05) is 8.95 Å². The molecule has 0 saturated heterocycles. The molecule has 0 atom stereocenters. The number of hydrogen-bond acceptors (Lipinski definition) is 4. The van der Waals surface area contributed by atoms with Crippen molar-refractivity contribution in [3.05, 3.63) is 43.8 Å². The Kier molecular flexibility index (Phi) is 4.91. The summed E-state index contributed by atoms with van der Waals surface area (Å²) >= 11 is 18.0. The molecule has 0 bridgehead atoms. The first-order valence-corrected chi connectivity index (χ1v) is 8.77. The molecule has 0 aliphatic rings. The Morgan fingerprint density at radius 3 is 2.25 bits per heavy atom. The van der Waals surface area contributed by atoms with Gasteiger partial charge in [0.1, 0.15) is 16.9 Å². The predicted octanol–water partition coefficient (Wildman–Crippen LogP) is 4.11. The number of halogens is 4. The average molecular weight is 462 g/mol. The summed E-state index contributed by atoms with van der Waals surface area (Å²) in [7, 11) is -3.87. The second-order valence-corrected chi connectivity index (χ2v) is 7.65. The van der Waals surface area contributed by atoms with Crippen LogP contribution in [-0.2, 0) is 10.0 Å². The lowest BCUT2D eigenvalue weighted by atomic mass is 10.4. The predicted molar refractivity (Wildman–Crippen MR) is 84.7 cm³/mol. The Bertz CT molecular complexity index is 751. The molecule has 106 valence electrons. The van der Waals surface area contributed by atoms with E-state index in [4.69, 9.17) is 23.2 Å². The first kappa shape index (κ1) is 16.0. The van der Waals surface area contributed by atoms with Gasteiger partial charge in [-0.25, -0.2) is 18.4 Å². The zero-order chi connectivity index (χ0) is 14.9. The van der Waals surface area contributed by atoms with E-state index in [1.165, 1.54) is 6.07 Å². The maximum Gasteiger partial charge on any atom is 0.263 e. The Morgan fingerprint density at radius 1 is 1.10 bits per heavy atom. The lowest BCUT2D eigenvalue weighted by Crippen LogP contribution is -2.15. The standard InChI is InChI=1S/C10H5Br2Cl2N3O2S/c11-5-1-2-7(6(12)3-5)20(18,19)17-8-9(13)15-4-16-10(8)14/h1-4,17H. The number of nitrogens with zero attached hydrogens (tertiary/aromatic N) is 2. The fourth-order valence-electron chi connectivity index (χ4n) is 1.31. The van der Waals surface area contributed by atoms with Crippen molar-refractivity contribution >= 4 is 70.8 Å². The van der Waals surface area contributed by atoms with Crippen LogP contribution >= 0.6 is 55.1 Å². The molecule has 0 fully saturated rings. The maximum atomic E-state index is 12.3. The molecule has 0 amide bonds. The molecule has 2 rings (SSSR count). The number of hydrogen-bond donors (Lipinski definition) is 1. The van der Waals surface area contributed by atoms with Gasteiger partial charge in [-0.2, -0.15) is 0 Å². The SMILES string of the molecule is O=S(=O)(Nc1c(Cl)ncnc1Cl)c1ccc(Br)cc1Br. The minimum absolute atomic E-state index is 0.0386. The molecule has 5 nitrogen and oxygen atoms in total. The van der Waals surface area contributed by atoms with Crippen LogP contribution in [0.1, 0.15) is 0 Å². The largest absolute Gasteiger partial charge is 0.274 e. The normalized spacial score (nSPS) is 11.4. The van der Waals surface area contributed by atoms with Gasteiger partial charge in [0.15, 0.2) is 10.3 Å². The average Bonchev–Trinajstić information content (AvgIpc) is 2.33. The van der Waals surface area contributed by atoms with Crippen LogP contribution < -0.4 is 4.72 Å². The quantitative estimate of drug-likeness (QED) is 0.698. The van der Waals surface area contributed by atoms with E-state index in [0.29, 0.717) is 4.47 Å². The highest BCUT2D eigenvalue weighted by Gasteiger charge is 2.21. The number of benzene rings is 1. The molecule has 0 saturated carbocycles. The van der Waals surface area contributed by atoms with E-state index in [-0.39, 0.29) is 20.9 Å². The Morgan fingerprint density at radius 2 is 1.70 bits per heavy atom. The number of anilines is 1. The van der Waals surface area contributed by atoms with E-state index in [1.54, 1.807) is 12.1 Å². The summed E-state index contributed by atoms with van der Waals surface area (Å²) in [6.45, 7) is 0. The van der Waals surface area contributed by atoms with Crippen molar-refractivity contribution < 1.29 is 8.42 Å². The number of aromatic nitrogens is 2. The molecule has 1 aromatic heterocycles. The molecule has 1 aromatic carbocycles. The van der Waals surface area contributed by atoms with E-state index in [9.17, 15) is 8.42 Å². The van der Waals surface area contributed by atoms with Gasteiger partial charge in [-0.3, -0.25) is 4.72 Å². The number of rotatable bonds is 3. The third-order valence-electron chi connectivity index (χ3n) is 2.17. The molecule has 1 heterocycles. The topological polar surface area (TPSA) is 72.0 Å². The van der Waals surface area contributed by atoms with E-state index in [0.717, 1.165) is 10.8 Å². The lowest BCUT2D eigenvalue weighted by molar-refractivity contribution is 0.600. The zero-order valence-electron chi connectivity index (χ0n) is 9.44. The second-order valence-electron chi connectivity index (χ2n) is 3.51. The first-order chi connectivity index (χ1) is 9.31. The van der Waals surface area contributed by atoms with Crippen LogP contribution in [-0.4, -0.2) is 18.4 Å². The van der Waals surface area contributed by atoms with Gasteiger partial charge in [-0.15, -0.1) is 0 Å². The van der Waals surface area contributed by atoms with E-state index in [2.05, 4.69) is 46.5 Å². The molecule has 0 spiro atoms. The Balaban J connectivity index is 2.46. The van der Waals surface area contributed by atoms with E-state index >= 15 is 0 Å². The molecule has 10 heteroatoms. The van der Waals surface area contributed by atoms with Crippen LogP contribution in [0.3, 0.4) is 0 Å². The van der Waals surface area contributed by atoms with Crippen LogP contribution in [0.5, 0.6) is 0 Å². The molecule has 20 heavy (non-hydrogen) atoms. The third kappa shape index (κ3) is 3.43. The van der Waals surface area contributed by atoms with Crippen LogP contribution in [0.2, 0.25) is 10.3 Å². The summed E-state index contributed by atoms with van der Waals surface area (Å²) in [5.74, 6) is 0. The van der Waals surface area contributed by atoms with Crippen molar-refractivity contribution in [3.8, 4) is 0 Å². The molecule has 0 aliphatic carbocycles. The smallest absolute Gasteiger partial charge is 0.263 e. The van der Waals surface area contributed by atoms with Crippen molar-refractivity contribution in [1.82, 2.24) is 9.97 Å². The van der Waals surface area contributed by atoms with Crippen molar-refractivity contribution in [2.45, 2.75) is 4.90 Å². The summed E-state index contributed by atoms with van der Waals surface area (Å²) in [6, 6.07) is 4.64. The highest BCUT2D eigenvalue weighted by atomic mass is 79.9. The second kappa shape index (κ2) is 6.15. The van der Waals surface area contributed by atoms with Crippen LogP contribution in [0.4, 0.5) is 5.69 Å². The minimum atomic E-state index is -3.87. The fourth-order valence-corrected chi connectivity index (χ4v) is 4.65. The lowest BCUT2D eigenvalue weighted by Gasteiger charge is -2.11. The van der Waals surface area contributed by atoms with Crippen molar-refractivity contribution in [2.24, 2.45) is 0 Å². The summed E-state index contributed by atoms with van der Waals surface area (Å²) in [5.41, 5.74) is -0.0642. The molecular formula is C10H5Br2Cl2N3O2S. The van der Waals surface area contributed by atoms with Gasteiger partial charge in [-0.05, 0) is 34.1 Å². The van der Waals surface area contributed by atoms with Gasteiger partial charge in [0.2, 0.25) is 0 Å². The monoisotopic (exact) mass is 459 g/mol. The van der Waals surface area contributed by atoms with Gasteiger partial charge in [0.25, 0.3) is 10.0 Å². The summed E-state index contributed by atoms with van der Waals surface area (Å²) in [4.78, 5) is 7.39. The maximum absolute atomic E-state index is 12.3. The highest BCUT2D eigenvalue weighted by molar-refractivity contribution is 9.11. The van der Waals surface area contributed by atoms with Crippen LogP contribution in [0.25, 0.3) is 0 Å². The first-order valence-electron chi connectivity index (χ1n) is 4.95. The molecule has 0 unspecified atom stereocenters. The van der Waals surface area contributed by atoms with E-state index in [1.807, 2.05) is 0 Å². The number of sulfonamides is 1. The summed E-state index contributed by atoms with van der Waals surface area (Å²) < 4.78 is 28.0. The molecule has 1 N–H and O–H groups in total. The molecule has 2 aromatic rings. The van der Waals surface area contributed by atoms with Gasteiger partial charge >= 0.3 is 0 Å². The minimum Gasteiger partial charge on any atom is -0.274 e. The van der Waals surface area contributed by atoms with Crippen LogP contribution in [0, 0.1) is 0 Å². The molecule has 0 radical (unpaired) electrons. The fraction of sp³-hybridized carbons (Fsp3) is 0. The Hall–Kier alpha value is -0.410. The number of nitrogens with one attached hydrogen (secondary N) is 1. The van der Waals surface area contributed by atoms with Gasteiger partial charge in [0.05, 0.1) is 0 Å². The van der Waals surface area contributed by atoms with Gasteiger partial charge in [-0.1, -0.05) is 39.1 Å². The van der Waals surface area contributed by atoms with Crippen molar-refractivity contribution in [1.29, 1.82) is 0 Å². The van der Waals surface area contributed by atoms with Crippen molar-refractivity contribution in [2.75, 3.05) is 4.72 Å². The van der Waals surface area contributed by atoms with Gasteiger partial charge < -0.3 is 0 Å². The van der Waals surface area contributed by atoms with Crippen molar-refractivity contribution in [3.63, 3.8) is 0 Å². The zero-order valence-corrected chi connectivity index (χ0v) is 14.9. The summed E-state index contributed by atoms with van der Waals surface area (Å²) in [6.07, 6.45) is 1.14. The molecular weight excluding hydrogens is 457 g/mol. The highest BCUT2D eigenvalue weighted by Crippen LogP contribution is 2.31. The third-order valence-corrected chi connectivity index (χ3v) is 5.57. The van der Waals surface area contributed by atoms with E-state index < -0.39 is 10.0 Å². The van der Waals surface area contributed by atoms with Crippen LogP contribution in [0.15, 0.2) is 38.4 Å². The molecule has 0 aliphatic heterocycles. The summed E-state index contributed by atoms with van der Waals surface area (Å²) in [5, 5.41) is -0.163. The Labute approximate surface area is 142 Å².